The molecule has 1 aromatic heterocycles. The molecular formula is C16H21N3O2. The van der Waals surface area contributed by atoms with Crippen LogP contribution in [0, 0.1) is 13.8 Å². The van der Waals surface area contributed by atoms with Crippen molar-refractivity contribution in [3.8, 4) is 5.75 Å². The molecule has 0 saturated heterocycles. The van der Waals surface area contributed by atoms with Crippen LogP contribution in [0.25, 0.3) is 0 Å². The van der Waals surface area contributed by atoms with Gasteiger partial charge in [0.25, 0.3) is 0 Å². The van der Waals surface area contributed by atoms with Crippen molar-refractivity contribution in [1.29, 1.82) is 0 Å². The molecule has 2 aromatic rings. The zero-order chi connectivity index (χ0) is 15.2. The molecule has 0 aliphatic carbocycles. The number of carbonyl (C=O) groups is 1. The average Bonchev–Trinajstić information content (AvgIpc) is 2.82. The molecule has 1 amide bonds. The summed E-state index contributed by atoms with van der Waals surface area (Å²) in [5.41, 5.74) is 4.09. The maximum Gasteiger partial charge on any atom is 0.220 e. The van der Waals surface area contributed by atoms with Gasteiger partial charge in [-0.3, -0.25) is 9.89 Å². The number of methoxy groups -OCH3 is 1. The summed E-state index contributed by atoms with van der Waals surface area (Å²) in [6.45, 7) is 4.41. The first-order valence-corrected chi connectivity index (χ1v) is 7.00. The van der Waals surface area contributed by atoms with E-state index in [4.69, 9.17) is 4.74 Å². The van der Waals surface area contributed by atoms with Gasteiger partial charge in [-0.1, -0.05) is 12.1 Å². The van der Waals surface area contributed by atoms with Crippen LogP contribution in [0.4, 0.5) is 0 Å². The van der Waals surface area contributed by atoms with Crippen molar-refractivity contribution in [1.82, 2.24) is 15.5 Å². The first-order valence-electron chi connectivity index (χ1n) is 7.00. The van der Waals surface area contributed by atoms with Crippen molar-refractivity contribution in [3.05, 3.63) is 46.8 Å². The first-order chi connectivity index (χ1) is 10.1. The highest BCUT2D eigenvalue weighted by Gasteiger charge is 2.08. The zero-order valence-electron chi connectivity index (χ0n) is 12.7. The Hall–Kier alpha value is -2.30. The molecule has 112 valence electrons. The number of rotatable bonds is 6. The van der Waals surface area contributed by atoms with Crippen LogP contribution in [0.5, 0.6) is 5.75 Å². The van der Waals surface area contributed by atoms with Crippen LogP contribution in [0.15, 0.2) is 24.3 Å². The first kappa shape index (κ1) is 15.1. The van der Waals surface area contributed by atoms with E-state index in [0.29, 0.717) is 19.4 Å². The van der Waals surface area contributed by atoms with Crippen molar-refractivity contribution >= 4 is 5.91 Å². The van der Waals surface area contributed by atoms with Gasteiger partial charge in [-0.2, -0.15) is 5.10 Å². The molecule has 0 spiro atoms. The summed E-state index contributed by atoms with van der Waals surface area (Å²) in [5, 5.41) is 9.97. The Morgan fingerprint density at radius 3 is 2.86 bits per heavy atom. The van der Waals surface area contributed by atoms with E-state index in [1.165, 1.54) is 0 Å². The zero-order valence-corrected chi connectivity index (χ0v) is 12.7. The lowest BCUT2D eigenvalue weighted by Crippen LogP contribution is -2.23. The van der Waals surface area contributed by atoms with Gasteiger partial charge in [-0.15, -0.1) is 0 Å². The summed E-state index contributed by atoms with van der Waals surface area (Å²) in [4.78, 5) is 11.9. The number of nitrogens with one attached hydrogen (secondary N) is 2. The number of amides is 1. The van der Waals surface area contributed by atoms with Gasteiger partial charge in [0.1, 0.15) is 5.75 Å². The lowest BCUT2D eigenvalue weighted by atomic mass is 10.1. The van der Waals surface area contributed by atoms with Gasteiger partial charge in [0.05, 0.1) is 12.8 Å². The quantitative estimate of drug-likeness (QED) is 0.856. The maximum atomic E-state index is 11.9. The molecule has 5 heteroatoms. The maximum absolute atomic E-state index is 11.9. The highest BCUT2D eigenvalue weighted by atomic mass is 16.5. The smallest absolute Gasteiger partial charge is 0.220 e. The summed E-state index contributed by atoms with van der Waals surface area (Å²) in [7, 11) is 1.64. The van der Waals surface area contributed by atoms with Crippen molar-refractivity contribution in [2.45, 2.75) is 33.2 Å². The summed E-state index contributed by atoms with van der Waals surface area (Å²) >= 11 is 0. The van der Waals surface area contributed by atoms with Crippen LogP contribution < -0.4 is 10.1 Å². The molecule has 2 N–H and O–H groups in total. The third-order valence-corrected chi connectivity index (χ3v) is 3.52. The second-order valence-electron chi connectivity index (χ2n) is 5.04. The highest BCUT2D eigenvalue weighted by molar-refractivity contribution is 5.76. The Kier molecular flexibility index (Phi) is 4.98. The Morgan fingerprint density at radius 2 is 2.19 bits per heavy atom. The molecule has 0 saturated carbocycles. The summed E-state index contributed by atoms with van der Waals surface area (Å²) in [6, 6.07) is 7.79. The number of H-pyrrole nitrogens is 1. The third kappa shape index (κ3) is 4.08. The second kappa shape index (κ2) is 6.92. The lowest BCUT2D eigenvalue weighted by Gasteiger charge is -2.07. The van der Waals surface area contributed by atoms with E-state index in [9.17, 15) is 4.79 Å². The van der Waals surface area contributed by atoms with E-state index < -0.39 is 0 Å². The van der Waals surface area contributed by atoms with E-state index in [1.54, 1.807) is 7.11 Å². The fraction of sp³-hybridized carbons (Fsp3) is 0.375. The summed E-state index contributed by atoms with van der Waals surface area (Å²) in [5.74, 6) is 0.857. The van der Waals surface area contributed by atoms with Crippen LogP contribution in [0.1, 0.15) is 28.9 Å². The van der Waals surface area contributed by atoms with Crippen molar-refractivity contribution in [2.24, 2.45) is 0 Å². The van der Waals surface area contributed by atoms with Crippen molar-refractivity contribution in [3.63, 3.8) is 0 Å². The number of hydrogen-bond acceptors (Lipinski definition) is 3. The SMILES string of the molecule is COc1cccc(CCC(=O)NCc2c(C)n[nH]c2C)c1. The lowest BCUT2D eigenvalue weighted by molar-refractivity contribution is -0.121. The van der Waals surface area contributed by atoms with Gasteiger partial charge in [0.2, 0.25) is 5.91 Å². The molecule has 0 unspecified atom stereocenters. The molecule has 1 heterocycles. The van der Waals surface area contributed by atoms with Gasteiger partial charge in [-0.25, -0.2) is 0 Å². The Bertz CT molecular complexity index is 600. The van der Waals surface area contributed by atoms with E-state index >= 15 is 0 Å². The molecular weight excluding hydrogens is 266 g/mol. The molecule has 1 aromatic carbocycles. The fourth-order valence-electron chi connectivity index (χ4n) is 2.20. The molecule has 0 fully saturated rings. The second-order valence-corrected chi connectivity index (χ2v) is 5.04. The molecule has 0 aliphatic rings. The summed E-state index contributed by atoms with van der Waals surface area (Å²) < 4.78 is 5.17. The van der Waals surface area contributed by atoms with Gasteiger partial charge in [0.15, 0.2) is 0 Å². The van der Waals surface area contributed by atoms with Gasteiger partial charge >= 0.3 is 0 Å². The molecule has 0 aliphatic heterocycles. The number of hydrogen-bond donors (Lipinski definition) is 2. The monoisotopic (exact) mass is 287 g/mol. The van der Waals surface area contributed by atoms with Gasteiger partial charge in [0, 0.05) is 24.2 Å². The average molecular weight is 287 g/mol. The summed E-state index contributed by atoms with van der Waals surface area (Å²) in [6.07, 6.45) is 1.16. The van der Waals surface area contributed by atoms with E-state index in [-0.39, 0.29) is 5.91 Å². The van der Waals surface area contributed by atoms with Crippen LogP contribution in [0.2, 0.25) is 0 Å². The molecule has 21 heavy (non-hydrogen) atoms. The number of benzene rings is 1. The number of nitrogens with zero attached hydrogens (tertiary/aromatic N) is 1. The normalized spacial score (nSPS) is 10.4. The van der Waals surface area contributed by atoms with Crippen LogP contribution in [0.3, 0.4) is 0 Å². The highest BCUT2D eigenvalue weighted by Crippen LogP contribution is 2.14. The predicted octanol–water partition coefficient (Wildman–Crippen LogP) is 2.28. The van der Waals surface area contributed by atoms with Crippen molar-refractivity contribution in [2.75, 3.05) is 7.11 Å². The Balaban J connectivity index is 1.82. The van der Waals surface area contributed by atoms with Crippen molar-refractivity contribution < 1.29 is 9.53 Å². The minimum absolute atomic E-state index is 0.0396. The predicted molar refractivity (Wildman–Crippen MR) is 81.2 cm³/mol. The van der Waals surface area contributed by atoms with E-state index in [1.807, 2.05) is 38.1 Å². The van der Waals surface area contributed by atoms with E-state index in [0.717, 1.165) is 28.3 Å². The van der Waals surface area contributed by atoms with Gasteiger partial charge < -0.3 is 10.1 Å². The molecule has 5 nitrogen and oxygen atoms in total. The standard InChI is InChI=1S/C16H21N3O2/c1-11-15(12(2)19-18-11)10-17-16(20)8-7-13-5-4-6-14(9-13)21-3/h4-6,9H,7-8,10H2,1-3H3,(H,17,20)(H,18,19). The van der Waals surface area contributed by atoms with E-state index in [2.05, 4.69) is 15.5 Å². The minimum atomic E-state index is 0.0396. The molecule has 0 bridgehead atoms. The number of aromatic amines is 1. The fourth-order valence-corrected chi connectivity index (χ4v) is 2.20. The third-order valence-electron chi connectivity index (χ3n) is 3.52. The number of carbonyl (C=O) groups excluding carboxylic acids is 1. The van der Waals surface area contributed by atoms with Crippen LogP contribution in [-0.4, -0.2) is 23.2 Å². The molecule has 0 atom stereocenters. The molecule has 2 rings (SSSR count). The number of aryl methyl sites for hydroxylation is 3. The van der Waals surface area contributed by atoms with Gasteiger partial charge in [-0.05, 0) is 38.0 Å². The largest absolute Gasteiger partial charge is 0.497 e. The number of ether oxygens (including phenoxy) is 1. The molecule has 0 radical (unpaired) electrons. The van der Waals surface area contributed by atoms with Crippen LogP contribution >= 0.6 is 0 Å². The number of aromatic nitrogens is 2. The minimum Gasteiger partial charge on any atom is -0.497 e. The Morgan fingerprint density at radius 1 is 1.38 bits per heavy atom. The van der Waals surface area contributed by atoms with Crippen LogP contribution in [-0.2, 0) is 17.8 Å². The topological polar surface area (TPSA) is 67.0 Å². The Labute approximate surface area is 124 Å².